The van der Waals surface area contributed by atoms with E-state index < -0.39 is 28.4 Å². The van der Waals surface area contributed by atoms with Crippen molar-refractivity contribution in [2.24, 2.45) is 5.73 Å². The summed E-state index contributed by atoms with van der Waals surface area (Å²) in [7, 11) is 1.26. The summed E-state index contributed by atoms with van der Waals surface area (Å²) in [5, 5.41) is 11.0. The summed E-state index contributed by atoms with van der Waals surface area (Å²) < 4.78 is 31.8. The Labute approximate surface area is 102 Å². The van der Waals surface area contributed by atoms with Crippen LogP contribution in [-0.4, -0.2) is 24.5 Å². The number of halogens is 2. The van der Waals surface area contributed by atoms with Crippen LogP contribution in [-0.2, 0) is 5.41 Å². The van der Waals surface area contributed by atoms with Gasteiger partial charge in [0.05, 0.1) is 17.4 Å². The molecule has 0 saturated heterocycles. The lowest BCUT2D eigenvalue weighted by atomic mass is 9.93. The average Bonchev–Trinajstić information content (AvgIpc) is 2.91. The van der Waals surface area contributed by atoms with E-state index in [1.807, 2.05) is 0 Å². The number of hydrogen-bond donors (Lipinski definition) is 1. The number of alkyl halides is 2. The Kier molecular flexibility index (Phi) is 2.73. The molecule has 18 heavy (non-hydrogen) atoms. The predicted molar refractivity (Wildman–Crippen MR) is 59.9 cm³/mol. The fourth-order valence-electron chi connectivity index (χ4n) is 2.22. The standard InChI is InChI=1S/C11H12F2N2O3/c1-18-8-4-2-3-7(9(8)15(16)17)10(6-14)5-11(10,12)13/h2-4H,5-6,14H2,1H3. The molecular weight excluding hydrogens is 246 g/mol. The van der Waals surface area contributed by atoms with Crippen LogP contribution < -0.4 is 10.5 Å². The molecule has 0 bridgehead atoms. The van der Waals surface area contributed by atoms with Gasteiger partial charge in [-0.05, 0) is 6.07 Å². The molecule has 0 aromatic heterocycles. The van der Waals surface area contributed by atoms with Crippen LogP contribution in [0.3, 0.4) is 0 Å². The third kappa shape index (κ3) is 1.54. The number of rotatable bonds is 4. The normalized spacial score (nSPS) is 24.7. The summed E-state index contributed by atoms with van der Waals surface area (Å²) >= 11 is 0. The van der Waals surface area contributed by atoms with E-state index in [2.05, 4.69) is 0 Å². The molecule has 2 rings (SSSR count). The van der Waals surface area contributed by atoms with E-state index in [1.54, 1.807) is 0 Å². The van der Waals surface area contributed by atoms with Crippen LogP contribution in [0.5, 0.6) is 5.75 Å². The number of hydrogen-bond acceptors (Lipinski definition) is 4. The molecule has 7 heteroatoms. The van der Waals surface area contributed by atoms with Gasteiger partial charge in [0.15, 0.2) is 5.75 Å². The van der Waals surface area contributed by atoms with Gasteiger partial charge in [-0.15, -0.1) is 0 Å². The largest absolute Gasteiger partial charge is 0.490 e. The first-order valence-corrected chi connectivity index (χ1v) is 5.29. The minimum atomic E-state index is -3.00. The minimum Gasteiger partial charge on any atom is -0.490 e. The van der Waals surface area contributed by atoms with E-state index in [4.69, 9.17) is 10.5 Å². The molecule has 0 aliphatic heterocycles. The lowest BCUT2D eigenvalue weighted by Crippen LogP contribution is -2.27. The van der Waals surface area contributed by atoms with Crippen molar-refractivity contribution in [1.82, 2.24) is 0 Å². The summed E-state index contributed by atoms with van der Waals surface area (Å²) in [5.74, 6) is -3.04. The highest BCUT2D eigenvalue weighted by molar-refractivity contribution is 5.59. The highest BCUT2D eigenvalue weighted by Crippen LogP contribution is 2.63. The van der Waals surface area contributed by atoms with Crippen LogP contribution in [0.15, 0.2) is 18.2 Å². The van der Waals surface area contributed by atoms with Gasteiger partial charge in [0.1, 0.15) is 0 Å². The van der Waals surface area contributed by atoms with Crippen LogP contribution in [0.4, 0.5) is 14.5 Å². The lowest BCUT2D eigenvalue weighted by Gasteiger charge is -2.15. The van der Waals surface area contributed by atoms with Gasteiger partial charge in [-0.3, -0.25) is 10.1 Å². The number of benzene rings is 1. The maximum atomic E-state index is 13.5. The first-order valence-electron chi connectivity index (χ1n) is 5.29. The van der Waals surface area contributed by atoms with Crippen LogP contribution in [0.25, 0.3) is 0 Å². The van der Waals surface area contributed by atoms with E-state index in [-0.39, 0.29) is 17.9 Å². The topological polar surface area (TPSA) is 78.4 Å². The maximum absolute atomic E-state index is 13.5. The molecule has 98 valence electrons. The van der Waals surface area contributed by atoms with Crippen molar-refractivity contribution < 1.29 is 18.4 Å². The van der Waals surface area contributed by atoms with Crippen LogP contribution >= 0.6 is 0 Å². The molecule has 0 radical (unpaired) electrons. The van der Waals surface area contributed by atoms with Crippen LogP contribution in [0.2, 0.25) is 0 Å². The molecule has 2 N–H and O–H groups in total. The van der Waals surface area contributed by atoms with Crippen LogP contribution in [0.1, 0.15) is 12.0 Å². The molecule has 1 aromatic carbocycles. The number of nitro groups is 1. The zero-order valence-electron chi connectivity index (χ0n) is 9.65. The van der Waals surface area contributed by atoms with Gasteiger partial charge in [0.2, 0.25) is 0 Å². The summed E-state index contributed by atoms with van der Waals surface area (Å²) in [6.45, 7) is -0.339. The molecule has 0 heterocycles. The molecule has 1 unspecified atom stereocenters. The average molecular weight is 258 g/mol. The van der Waals surface area contributed by atoms with Gasteiger partial charge in [-0.1, -0.05) is 12.1 Å². The number of ether oxygens (including phenoxy) is 1. The van der Waals surface area contributed by atoms with Crippen molar-refractivity contribution in [1.29, 1.82) is 0 Å². The zero-order valence-corrected chi connectivity index (χ0v) is 9.65. The Morgan fingerprint density at radius 2 is 2.17 bits per heavy atom. The second kappa shape index (κ2) is 3.88. The zero-order chi connectivity index (χ0) is 13.6. The van der Waals surface area contributed by atoms with Crippen molar-refractivity contribution in [2.45, 2.75) is 17.8 Å². The van der Waals surface area contributed by atoms with E-state index in [0.29, 0.717) is 0 Å². The Bertz CT molecular complexity index is 507. The van der Waals surface area contributed by atoms with Crippen molar-refractivity contribution in [2.75, 3.05) is 13.7 Å². The quantitative estimate of drug-likeness (QED) is 0.660. The SMILES string of the molecule is COc1cccc(C2(CN)CC2(F)F)c1[N+](=O)[O-]. The van der Waals surface area contributed by atoms with Gasteiger partial charge in [0.25, 0.3) is 5.92 Å². The lowest BCUT2D eigenvalue weighted by molar-refractivity contribution is -0.386. The van der Waals surface area contributed by atoms with E-state index >= 15 is 0 Å². The summed E-state index contributed by atoms with van der Waals surface area (Å²) in [6.07, 6.45) is -0.468. The molecule has 5 nitrogen and oxygen atoms in total. The van der Waals surface area contributed by atoms with Gasteiger partial charge >= 0.3 is 5.69 Å². The minimum absolute atomic E-state index is 0.0342. The summed E-state index contributed by atoms with van der Waals surface area (Å²) in [5.41, 5.74) is 3.27. The summed E-state index contributed by atoms with van der Waals surface area (Å²) in [6, 6.07) is 4.13. The molecule has 1 aliphatic rings. The molecule has 0 spiro atoms. The highest BCUT2D eigenvalue weighted by atomic mass is 19.3. The van der Waals surface area contributed by atoms with Gasteiger partial charge in [-0.25, -0.2) is 8.78 Å². The molecule has 1 aliphatic carbocycles. The first kappa shape index (κ1) is 12.7. The van der Waals surface area contributed by atoms with Crippen molar-refractivity contribution in [3.63, 3.8) is 0 Å². The van der Waals surface area contributed by atoms with E-state index in [9.17, 15) is 18.9 Å². The number of nitrogens with two attached hydrogens (primary N) is 1. The van der Waals surface area contributed by atoms with Crippen molar-refractivity contribution in [3.8, 4) is 5.75 Å². The monoisotopic (exact) mass is 258 g/mol. The molecule has 1 saturated carbocycles. The molecule has 1 aromatic rings. The molecule has 1 atom stereocenters. The second-order valence-electron chi connectivity index (χ2n) is 4.28. The number of nitro benzene ring substituents is 1. The first-order chi connectivity index (χ1) is 8.39. The Hall–Kier alpha value is -1.76. The van der Waals surface area contributed by atoms with Crippen LogP contribution in [0, 0.1) is 10.1 Å². The summed E-state index contributed by atoms with van der Waals surface area (Å²) in [4.78, 5) is 10.3. The smallest absolute Gasteiger partial charge is 0.314 e. The van der Waals surface area contributed by atoms with Crippen molar-refractivity contribution in [3.05, 3.63) is 33.9 Å². The van der Waals surface area contributed by atoms with Gasteiger partial charge in [0, 0.05) is 18.5 Å². The fourth-order valence-corrected chi connectivity index (χ4v) is 2.22. The van der Waals surface area contributed by atoms with E-state index in [0.717, 1.165) is 0 Å². The Morgan fingerprint density at radius 1 is 1.56 bits per heavy atom. The third-order valence-corrected chi connectivity index (χ3v) is 3.36. The number of methoxy groups -OCH3 is 1. The molecular formula is C11H12F2N2O3. The van der Waals surface area contributed by atoms with Gasteiger partial charge < -0.3 is 10.5 Å². The van der Waals surface area contributed by atoms with E-state index in [1.165, 1.54) is 25.3 Å². The Morgan fingerprint density at radius 3 is 2.56 bits per heavy atom. The van der Waals surface area contributed by atoms with Crippen molar-refractivity contribution >= 4 is 5.69 Å². The van der Waals surface area contributed by atoms with Gasteiger partial charge in [-0.2, -0.15) is 0 Å². The fraction of sp³-hybridized carbons (Fsp3) is 0.455. The highest BCUT2D eigenvalue weighted by Gasteiger charge is 2.73. The maximum Gasteiger partial charge on any atom is 0.314 e. The number of nitrogens with zero attached hydrogens (tertiary/aromatic N) is 1. The number of para-hydroxylation sites is 1. The Balaban J connectivity index is 2.62. The third-order valence-electron chi connectivity index (χ3n) is 3.36. The second-order valence-corrected chi connectivity index (χ2v) is 4.28. The molecule has 0 amide bonds. The molecule has 1 fully saturated rings. The predicted octanol–water partition coefficient (Wildman–Crippen LogP) is 1.84.